The minimum absolute atomic E-state index is 0.243. The topological polar surface area (TPSA) is 228 Å². The molecule has 12 unspecified atom stereocenters. The standard InChI is InChI=1S/C68H129NO13/c1-3-5-7-9-11-13-15-17-19-21-22-23-24-25-26-27-28-29-30-31-32-33-34-36-37-39-41-43-45-47-49-51-57(72)56(69-60(73)52-50-48-46-44-42-40-38-35-20-18-16-14-12-10-8-6-4-2)55-79-67-65(78)63(76)66(59(54-71)81-67)82-68-64(77)62(75)61(74)58(53-70)80-68/h41,43,49,51,56-59,61-68,70-72,74-78H,3-40,42,44-48,50,52-55H2,1-2H3,(H,69,73)/b43-41+,51-49+. The summed E-state index contributed by atoms with van der Waals surface area (Å²) in [5.41, 5.74) is 0. The molecular formula is C68H129NO13. The molecule has 2 rings (SSSR count). The van der Waals surface area contributed by atoms with Crippen molar-refractivity contribution in [3.05, 3.63) is 24.3 Å². The van der Waals surface area contributed by atoms with Crippen LogP contribution in [0.1, 0.15) is 309 Å². The lowest BCUT2D eigenvalue weighted by atomic mass is 9.97. The van der Waals surface area contributed by atoms with Crippen molar-refractivity contribution in [2.24, 2.45) is 0 Å². The number of aliphatic hydroxyl groups is 8. The van der Waals surface area contributed by atoms with Crippen molar-refractivity contribution in [3.8, 4) is 0 Å². The van der Waals surface area contributed by atoms with E-state index in [1.807, 2.05) is 6.08 Å². The molecular weight excluding hydrogens is 1040 g/mol. The highest BCUT2D eigenvalue weighted by molar-refractivity contribution is 5.76. The van der Waals surface area contributed by atoms with E-state index in [1.165, 1.54) is 244 Å². The highest BCUT2D eigenvalue weighted by Crippen LogP contribution is 2.30. The summed E-state index contributed by atoms with van der Waals surface area (Å²) in [5, 5.41) is 87.3. The second-order valence-corrected chi connectivity index (χ2v) is 24.7. The monoisotopic (exact) mass is 1170 g/mol. The number of rotatable bonds is 57. The van der Waals surface area contributed by atoms with E-state index in [1.54, 1.807) is 6.08 Å². The third-order valence-corrected chi connectivity index (χ3v) is 17.1. The maximum Gasteiger partial charge on any atom is 0.220 e. The normalized spacial score (nSPS) is 24.0. The lowest BCUT2D eigenvalue weighted by molar-refractivity contribution is -0.359. The lowest BCUT2D eigenvalue weighted by Crippen LogP contribution is -2.65. The van der Waals surface area contributed by atoms with Gasteiger partial charge in [0.2, 0.25) is 5.91 Å². The molecule has 14 nitrogen and oxygen atoms in total. The Morgan fingerprint density at radius 2 is 0.780 bits per heavy atom. The van der Waals surface area contributed by atoms with Gasteiger partial charge in [-0.05, 0) is 32.1 Å². The molecule has 12 atom stereocenters. The van der Waals surface area contributed by atoms with Crippen molar-refractivity contribution in [2.75, 3.05) is 19.8 Å². The fourth-order valence-corrected chi connectivity index (χ4v) is 11.6. The van der Waals surface area contributed by atoms with Crippen LogP contribution in [-0.4, -0.2) is 140 Å². The largest absolute Gasteiger partial charge is 0.394 e. The minimum Gasteiger partial charge on any atom is -0.394 e. The first-order valence-corrected chi connectivity index (χ1v) is 34.6. The van der Waals surface area contributed by atoms with Gasteiger partial charge in [-0.15, -0.1) is 0 Å². The van der Waals surface area contributed by atoms with E-state index in [2.05, 4.69) is 31.3 Å². The number of unbranched alkanes of at least 4 members (excludes halogenated alkanes) is 42. The van der Waals surface area contributed by atoms with Gasteiger partial charge in [0.15, 0.2) is 12.6 Å². The molecule has 9 N–H and O–H groups in total. The fraction of sp³-hybridized carbons (Fsp3) is 0.926. The molecule has 0 aromatic carbocycles. The minimum atomic E-state index is -1.79. The lowest BCUT2D eigenvalue weighted by Gasteiger charge is -2.46. The average Bonchev–Trinajstić information content (AvgIpc) is 3.67. The molecule has 0 spiro atoms. The van der Waals surface area contributed by atoms with Crippen molar-refractivity contribution in [3.63, 3.8) is 0 Å². The molecule has 82 heavy (non-hydrogen) atoms. The van der Waals surface area contributed by atoms with Crippen molar-refractivity contribution in [1.29, 1.82) is 0 Å². The molecule has 2 heterocycles. The van der Waals surface area contributed by atoms with Gasteiger partial charge in [0.05, 0.1) is 32.0 Å². The molecule has 484 valence electrons. The first-order chi connectivity index (χ1) is 40.1. The summed E-state index contributed by atoms with van der Waals surface area (Å²) in [5.74, 6) is -0.243. The molecule has 2 fully saturated rings. The Labute approximate surface area is 500 Å². The number of hydrogen-bond donors (Lipinski definition) is 9. The first-order valence-electron chi connectivity index (χ1n) is 34.6. The van der Waals surface area contributed by atoms with Crippen molar-refractivity contribution < 1.29 is 64.6 Å². The van der Waals surface area contributed by atoms with Gasteiger partial charge in [0.25, 0.3) is 0 Å². The summed E-state index contributed by atoms with van der Waals surface area (Å²) < 4.78 is 22.8. The van der Waals surface area contributed by atoms with Gasteiger partial charge in [0, 0.05) is 6.42 Å². The Hall–Kier alpha value is -1.53. The van der Waals surface area contributed by atoms with Gasteiger partial charge < -0.3 is 65.1 Å². The van der Waals surface area contributed by atoms with E-state index in [0.717, 1.165) is 32.1 Å². The number of hydrogen-bond acceptors (Lipinski definition) is 13. The van der Waals surface area contributed by atoms with Gasteiger partial charge in [-0.2, -0.15) is 0 Å². The van der Waals surface area contributed by atoms with E-state index < -0.39 is 86.8 Å². The number of ether oxygens (including phenoxy) is 4. The van der Waals surface area contributed by atoms with Crippen LogP contribution in [0.25, 0.3) is 0 Å². The molecule has 0 aromatic rings. The second-order valence-electron chi connectivity index (χ2n) is 24.7. The number of nitrogens with one attached hydrogen (secondary N) is 1. The first kappa shape index (κ1) is 76.6. The Morgan fingerprint density at radius 1 is 0.427 bits per heavy atom. The van der Waals surface area contributed by atoms with Gasteiger partial charge in [0.1, 0.15) is 48.8 Å². The number of aliphatic hydroxyl groups excluding tert-OH is 8. The van der Waals surface area contributed by atoms with E-state index in [4.69, 9.17) is 18.9 Å². The van der Waals surface area contributed by atoms with Crippen LogP contribution in [0.2, 0.25) is 0 Å². The van der Waals surface area contributed by atoms with Crippen LogP contribution in [0, 0.1) is 0 Å². The van der Waals surface area contributed by atoms with E-state index >= 15 is 0 Å². The van der Waals surface area contributed by atoms with Crippen LogP contribution in [0.5, 0.6) is 0 Å². The fourth-order valence-electron chi connectivity index (χ4n) is 11.6. The third-order valence-electron chi connectivity index (χ3n) is 17.1. The van der Waals surface area contributed by atoms with Crippen LogP contribution in [0.4, 0.5) is 0 Å². The number of carbonyl (C=O) groups is 1. The molecule has 0 aromatic heterocycles. The summed E-state index contributed by atoms with van der Waals surface area (Å²) in [6.45, 7) is 2.83. The Kier molecular flexibility index (Phi) is 50.1. The van der Waals surface area contributed by atoms with Gasteiger partial charge in [-0.25, -0.2) is 0 Å². The van der Waals surface area contributed by atoms with Gasteiger partial charge in [-0.1, -0.05) is 295 Å². The molecule has 0 aliphatic carbocycles. The molecule has 2 aliphatic rings. The zero-order valence-electron chi connectivity index (χ0n) is 52.5. The Bertz CT molecular complexity index is 1470. The zero-order chi connectivity index (χ0) is 59.5. The van der Waals surface area contributed by atoms with Crippen LogP contribution in [0.3, 0.4) is 0 Å². The number of carbonyl (C=O) groups excluding carboxylic acids is 1. The molecule has 2 aliphatic heterocycles. The van der Waals surface area contributed by atoms with E-state index in [-0.39, 0.29) is 18.9 Å². The molecule has 14 heteroatoms. The molecule has 1 amide bonds. The number of amides is 1. The summed E-state index contributed by atoms with van der Waals surface area (Å²) >= 11 is 0. The van der Waals surface area contributed by atoms with Gasteiger partial charge in [-0.3, -0.25) is 4.79 Å². The highest BCUT2D eigenvalue weighted by Gasteiger charge is 2.51. The zero-order valence-corrected chi connectivity index (χ0v) is 52.5. The summed E-state index contributed by atoms with van der Waals surface area (Å²) in [4.78, 5) is 13.3. The molecule has 0 bridgehead atoms. The van der Waals surface area contributed by atoms with E-state index in [0.29, 0.717) is 12.8 Å². The van der Waals surface area contributed by atoms with Crippen molar-refractivity contribution in [2.45, 2.75) is 383 Å². The Balaban J connectivity index is 1.68. The maximum absolute atomic E-state index is 13.3. The van der Waals surface area contributed by atoms with Crippen molar-refractivity contribution in [1.82, 2.24) is 5.32 Å². The van der Waals surface area contributed by atoms with E-state index in [9.17, 15) is 45.6 Å². The summed E-state index contributed by atoms with van der Waals surface area (Å²) in [6, 6.07) is -0.928. The summed E-state index contributed by atoms with van der Waals surface area (Å²) in [6.07, 6.45) is 49.6. The highest BCUT2D eigenvalue weighted by atomic mass is 16.7. The maximum atomic E-state index is 13.3. The van der Waals surface area contributed by atoms with Crippen LogP contribution in [-0.2, 0) is 23.7 Å². The van der Waals surface area contributed by atoms with Crippen LogP contribution < -0.4 is 5.32 Å². The molecule has 0 radical (unpaired) electrons. The van der Waals surface area contributed by atoms with Crippen molar-refractivity contribution >= 4 is 5.91 Å². The Morgan fingerprint density at radius 3 is 1.20 bits per heavy atom. The summed E-state index contributed by atoms with van der Waals surface area (Å²) in [7, 11) is 0. The average molecular weight is 1170 g/mol. The third kappa shape index (κ3) is 37.9. The van der Waals surface area contributed by atoms with Crippen LogP contribution >= 0.6 is 0 Å². The predicted octanol–water partition coefficient (Wildman–Crippen LogP) is 13.6. The number of allylic oxidation sites excluding steroid dienone is 3. The predicted molar refractivity (Wildman–Crippen MR) is 332 cm³/mol. The quantitative estimate of drug-likeness (QED) is 0.0204. The van der Waals surface area contributed by atoms with Crippen LogP contribution in [0.15, 0.2) is 24.3 Å². The SMILES string of the molecule is CCCCCCCCCCCCCCCCCCCCCCCCCCC/C=C/CC/C=C/C(O)C(COC1OC(CO)C(OC2OC(CO)C(O)C(O)C2O)C(O)C1O)NC(=O)CCCCCCCCCCCCCCCCCCC. The smallest absolute Gasteiger partial charge is 0.220 e. The molecule has 2 saturated heterocycles. The second kappa shape index (κ2) is 53.7. The van der Waals surface area contributed by atoms with Gasteiger partial charge >= 0.3 is 0 Å². The molecule has 0 saturated carbocycles.